The van der Waals surface area contributed by atoms with Crippen LogP contribution in [0.25, 0.3) is 0 Å². The van der Waals surface area contributed by atoms with Crippen LogP contribution in [0.3, 0.4) is 0 Å². The lowest BCUT2D eigenvalue weighted by Gasteiger charge is -2.18. The minimum absolute atomic E-state index is 0.00618. The maximum atomic E-state index is 12.9. The zero-order chi connectivity index (χ0) is 12.1. The first-order valence-corrected chi connectivity index (χ1v) is 5.86. The number of hydrogen-bond acceptors (Lipinski definition) is 2. The molecular weight excluding hydrogens is 271 g/mol. The van der Waals surface area contributed by atoms with Gasteiger partial charge in [-0.1, -0.05) is 34.1 Å². The number of halogens is 2. The quantitative estimate of drug-likeness (QED) is 0.817. The van der Waals surface area contributed by atoms with Crippen LogP contribution in [-0.2, 0) is 0 Å². The number of benzene rings is 1. The molecule has 0 aliphatic heterocycles. The highest BCUT2D eigenvalue weighted by Crippen LogP contribution is 2.23. The van der Waals surface area contributed by atoms with E-state index in [1.54, 1.807) is 6.07 Å². The van der Waals surface area contributed by atoms with Gasteiger partial charge in [0, 0.05) is 23.6 Å². The topological polar surface area (TPSA) is 38.0 Å². The highest BCUT2D eigenvalue weighted by atomic mass is 79.9. The molecule has 0 spiro atoms. The molecule has 3 N–H and O–H groups in total. The molecule has 0 aliphatic rings. The number of rotatable bonds is 5. The number of nitrogens with one attached hydrogen (secondary N) is 1. The molecule has 0 amide bonds. The molecule has 0 aromatic heterocycles. The normalized spacial score (nSPS) is 12.5. The minimum Gasteiger partial charge on any atom is -0.329 e. The van der Waals surface area contributed by atoms with Crippen molar-refractivity contribution < 1.29 is 4.39 Å². The van der Waals surface area contributed by atoms with Gasteiger partial charge in [-0.05, 0) is 24.6 Å². The summed E-state index contributed by atoms with van der Waals surface area (Å²) in [5, 5.41) is 3.27. The molecule has 1 aromatic carbocycles. The molecule has 0 heterocycles. The molecule has 1 aromatic rings. The lowest BCUT2D eigenvalue weighted by Crippen LogP contribution is -2.29. The fourth-order valence-corrected chi connectivity index (χ4v) is 2.03. The van der Waals surface area contributed by atoms with Crippen LogP contribution in [-0.4, -0.2) is 13.1 Å². The summed E-state index contributed by atoms with van der Waals surface area (Å²) in [7, 11) is 0. The van der Waals surface area contributed by atoms with Crippen LogP contribution in [0.1, 0.15) is 18.5 Å². The van der Waals surface area contributed by atoms with E-state index in [1.165, 1.54) is 12.1 Å². The SMILES string of the molecule is C=C(C)CNC(CN)c1ccc(F)cc1Br. The summed E-state index contributed by atoms with van der Waals surface area (Å²) >= 11 is 3.34. The van der Waals surface area contributed by atoms with Crippen LogP contribution in [0.2, 0.25) is 0 Å². The Kier molecular flexibility index (Phi) is 5.12. The first-order chi connectivity index (χ1) is 7.54. The van der Waals surface area contributed by atoms with Gasteiger partial charge in [0.1, 0.15) is 5.82 Å². The van der Waals surface area contributed by atoms with Gasteiger partial charge in [0.15, 0.2) is 0 Å². The zero-order valence-electron chi connectivity index (χ0n) is 9.26. The van der Waals surface area contributed by atoms with Crippen molar-refractivity contribution in [2.45, 2.75) is 13.0 Å². The van der Waals surface area contributed by atoms with Crippen molar-refractivity contribution in [1.29, 1.82) is 0 Å². The molecule has 0 radical (unpaired) electrons. The van der Waals surface area contributed by atoms with E-state index in [1.807, 2.05) is 6.92 Å². The maximum absolute atomic E-state index is 12.9. The average molecular weight is 287 g/mol. The third-order valence-corrected chi connectivity index (χ3v) is 2.91. The molecule has 1 rings (SSSR count). The second kappa shape index (κ2) is 6.13. The Morgan fingerprint density at radius 1 is 1.62 bits per heavy atom. The van der Waals surface area contributed by atoms with Crippen molar-refractivity contribution in [3.8, 4) is 0 Å². The van der Waals surface area contributed by atoms with Gasteiger partial charge in [0.2, 0.25) is 0 Å². The fourth-order valence-electron chi connectivity index (χ4n) is 1.40. The van der Waals surface area contributed by atoms with Crippen LogP contribution < -0.4 is 11.1 Å². The van der Waals surface area contributed by atoms with E-state index in [0.717, 1.165) is 15.6 Å². The van der Waals surface area contributed by atoms with Crippen molar-refractivity contribution in [2.75, 3.05) is 13.1 Å². The van der Waals surface area contributed by atoms with Gasteiger partial charge in [-0.25, -0.2) is 4.39 Å². The highest BCUT2D eigenvalue weighted by molar-refractivity contribution is 9.10. The van der Waals surface area contributed by atoms with Crippen molar-refractivity contribution in [3.63, 3.8) is 0 Å². The van der Waals surface area contributed by atoms with Crippen LogP contribution >= 0.6 is 15.9 Å². The average Bonchev–Trinajstić information content (AvgIpc) is 2.21. The lowest BCUT2D eigenvalue weighted by atomic mass is 10.1. The Morgan fingerprint density at radius 2 is 2.31 bits per heavy atom. The molecule has 0 aliphatic carbocycles. The van der Waals surface area contributed by atoms with E-state index in [4.69, 9.17) is 5.73 Å². The predicted octanol–water partition coefficient (Wildman–Crippen LogP) is 2.75. The van der Waals surface area contributed by atoms with E-state index in [-0.39, 0.29) is 11.9 Å². The maximum Gasteiger partial charge on any atom is 0.124 e. The predicted molar refractivity (Wildman–Crippen MR) is 68.7 cm³/mol. The standard InChI is InChI=1S/C12H16BrFN2/c1-8(2)7-16-12(6-15)10-4-3-9(14)5-11(10)13/h3-5,12,16H,1,6-7,15H2,2H3. The first-order valence-electron chi connectivity index (χ1n) is 5.07. The largest absolute Gasteiger partial charge is 0.329 e. The fraction of sp³-hybridized carbons (Fsp3) is 0.333. The van der Waals surface area contributed by atoms with Crippen LogP contribution in [0.15, 0.2) is 34.8 Å². The van der Waals surface area contributed by atoms with Gasteiger partial charge in [-0.15, -0.1) is 0 Å². The molecule has 0 bridgehead atoms. The Morgan fingerprint density at radius 3 is 2.81 bits per heavy atom. The van der Waals surface area contributed by atoms with Crippen molar-refractivity contribution in [1.82, 2.24) is 5.32 Å². The molecule has 0 saturated carbocycles. The van der Waals surface area contributed by atoms with Crippen LogP contribution in [0, 0.1) is 5.82 Å². The van der Waals surface area contributed by atoms with Gasteiger partial charge in [0.05, 0.1) is 0 Å². The molecule has 1 unspecified atom stereocenters. The summed E-state index contributed by atoms with van der Waals surface area (Å²) in [5.41, 5.74) is 7.69. The van der Waals surface area contributed by atoms with Gasteiger partial charge in [-0.2, -0.15) is 0 Å². The van der Waals surface area contributed by atoms with E-state index in [9.17, 15) is 4.39 Å². The van der Waals surface area contributed by atoms with Gasteiger partial charge < -0.3 is 11.1 Å². The van der Waals surface area contributed by atoms with Crippen LogP contribution in [0.4, 0.5) is 4.39 Å². The van der Waals surface area contributed by atoms with Crippen molar-refractivity contribution >= 4 is 15.9 Å². The Balaban J connectivity index is 2.82. The number of nitrogens with two attached hydrogens (primary N) is 1. The first kappa shape index (κ1) is 13.4. The Hall–Kier alpha value is -0.710. The van der Waals surface area contributed by atoms with E-state index in [2.05, 4.69) is 27.8 Å². The summed E-state index contributed by atoms with van der Waals surface area (Å²) in [6.45, 7) is 6.92. The highest BCUT2D eigenvalue weighted by Gasteiger charge is 2.12. The lowest BCUT2D eigenvalue weighted by molar-refractivity contribution is 0.563. The molecular formula is C12H16BrFN2. The summed E-state index contributed by atoms with van der Waals surface area (Å²) < 4.78 is 13.7. The summed E-state index contributed by atoms with van der Waals surface area (Å²) in [6, 6.07) is 4.63. The summed E-state index contributed by atoms with van der Waals surface area (Å²) in [5.74, 6) is -0.258. The third kappa shape index (κ3) is 3.70. The van der Waals surface area contributed by atoms with E-state index < -0.39 is 0 Å². The monoisotopic (exact) mass is 286 g/mol. The molecule has 16 heavy (non-hydrogen) atoms. The second-order valence-corrected chi connectivity index (χ2v) is 4.65. The Labute approximate surface area is 104 Å². The number of hydrogen-bond donors (Lipinski definition) is 2. The molecule has 0 fully saturated rings. The van der Waals surface area contributed by atoms with Crippen LogP contribution in [0.5, 0.6) is 0 Å². The van der Waals surface area contributed by atoms with E-state index >= 15 is 0 Å². The zero-order valence-corrected chi connectivity index (χ0v) is 10.8. The molecule has 0 saturated heterocycles. The molecule has 2 nitrogen and oxygen atoms in total. The smallest absolute Gasteiger partial charge is 0.124 e. The second-order valence-electron chi connectivity index (χ2n) is 3.79. The van der Waals surface area contributed by atoms with Crippen molar-refractivity contribution in [2.24, 2.45) is 5.73 Å². The van der Waals surface area contributed by atoms with Gasteiger partial charge in [0.25, 0.3) is 0 Å². The molecule has 88 valence electrons. The molecule has 1 atom stereocenters. The summed E-state index contributed by atoms with van der Waals surface area (Å²) in [4.78, 5) is 0. The van der Waals surface area contributed by atoms with Gasteiger partial charge in [-0.3, -0.25) is 0 Å². The minimum atomic E-state index is -0.258. The van der Waals surface area contributed by atoms with Gasteiger partial charge >= 0.3 is 0 Å². The molecule has 4 heteroatoms. The third-order valence-electron chi connectivity index (χ3n) is 2.22. The summed E-state index contributed by atoms with van der Waals surface area (Å²) in [6.07, 6.45) is 0. The van der Waals surface area contributed by atoms with Crippen molar-refractivity contribution in [3.05, 3.63) is 46.2 Å². The Bertz CT molecular complexity index is 379. The van der Waals surface area contributed by atoms with E-state index in [0.29, 0.717) is 13.1 Å².